The lowest BCUT2D eigenvalue weighted by atomic mass is 10.0. The van der Waals surface area contributed by atoms with Gasteiger partial charge in [-0.15, -0.1) is 0 Å². The first-order chi connectivity index (χ1) is 7.16. The van der Waals surface area contributed by atoms with E-state index in [0.29, 0.717) is 16.6 Å². The summed E-state index contributed by atoms with van der Waals surface area (Å²) in [5, 5.41) is 3.92. The standard InChI is InChI=1S/C12H15ClFN/c1-8-11(13)6-9(7-12(8)14)5-10-3-2-4-15-10/h6-7,10,15H,2-5H2,1H3. The Labute approximate surface area is 94.6 Å². The van der Waals surface area contributed by atoms with Gasteiger partial charge in [-0.25, -0.2) is 4.39 Å². The highest BCUT2D eigenvalue weighted by molar-refractivity contribution is 6.31. The van der Waals surface area contributed by atoms with Gasteiger partial charge in [-0.05, 0) is 50.4 Å². The van der Waals surface area contributed by atoms with Crippen LogP contribution in [0, 0.1) is 12.7 Å². The summed E-state index contributed by atoms with van der Waals surface area (Å²) in [5.74, 6) is -0.199. The molecule has 1 atom stereocenters. The molecule has 1 aliphatic rings. The zero-order valence-corrected chi connectivity index (χ0v) is 9.57. The van der Waals surface area contributed by atoms with Gasteiger partial charge in [-0.3, -0.25) is 0 Å². The molecule has 2 rings (SSSR count). The highest BCUT2D eigenvalue weighted by Crippen LogP contribution is 2.22. The molecule has 1 N–H and O–H groups in total. The predicted octanol–water partition coefficient (Wildman–Crippen LogP) is 3.08. The van der Waals surface area contributed by atoms with Gasteiger partial charge in [0, 0.05) is 16.6 Å². The maximum Gasteiger partial charge on any atom is 0.127 e. The van der Waals surface area contributed by atoms with Crippen molar-refractivity contribution in [2.24, 2.45) is 0 Å². The lowest BCUT2D eigenvalue weighted by molar-refractivity contribution is 0.590. The van der Waals surface area contributed by atoms with Crippen LogP contribution in [0.25, 0.3) is 0 Å². The Kier molecular flexibility index (Phi) is 3.27. The first-order valence-corrected chi connectivity index (χ1v) is 5.72. The lowest BCUT2D eigenvalue weighted by Gasteiger charge is -2.11. The van der Waals surface area contributed by atoms with Gasteiger partial charge in [-0.2, -0.15) is 0 Å². The molecule has 0 radical (unpaired) electrons. The van der Waals surface area contributed by atoms with Crippen LogP contribution in [0.4, 0.5) is 4.39 Å². The Morgan fingerprint density at radius 3 is 2.93 bits per heavy atom. The topological polar surface area (TPSA) is 12.0 Å². The van der Waals surface area contributed by atoms with E-state index in [4.69, 9.17) is 11.6 Å². The summed E-state index contributed by atoms with van der Waals surface area (Å²) in [6, 6.07) is 3.96. The molecule has 3 heteroatoms. The zero-order chi connectivity index (χ0) is 10.8. The van der Waals surface area contributed by atoms with Crippen molar-refractivity contribution in [3.63, 3.8) is 0 Å². The van der Waals surface area contributed by atoms with Gasteiger partial charge < -0.3 is 5.32 Å². The van der Waals surface area contributed by atoms with Crippen LogP contribution in [0.2, 0.25) is 5.02 Å². The van der Waals surface area contributed by atoms with Gasteiger partial charge in [-0.1, -0.05) is 11.6 Å². The maximum absolute atomic E-state index is 13.4. The van der Waals surface area contributed by atoms with Gasteiger partial charge in [0.15, 0.2) is 0 Å². The number of benzene rings is 1. The smallest absolute Gasteiger partial charge is 0.127 e. The molecule has 15 heavy (non-hydrogen) atoms. The van der Waals surface area contributed by atoms with Gasteiger partial charge in [0.2, 0.25) is 0 Å². The van der Waals surface area contributed by atoms with Crippen LogP contribution in [0.5, 0.6) is 0 Å². The molecule has 1 aliphatic heterocycles. The van der Waals surface area contributed by atoms with Crippen molar-refractivity contribution in [1.29, 1.82) is 0 Å². The van der Waals surface area contributed by atoms with Crippen molar-refractivity contribution < 1.29 is 4.39 Å². The summed E-state index contributed by atoms with van der Waals surface area (Å²) in [7, 11) is 0. The average Bonchev–Trinajstić information content (AvgIpc) is 2.66. The van der Waals surface area contributed by atoms with E-state index in [9.17, 15) is 4.39 Å². The van der Waals surface area contributed by atoms with E-state index in [0.717, 1.165) is 18.5 Å². The second-order valence-electron chi connectivity index (χ2n) is 4.18. The van der Waals surface area contributed by atoms with Crippen LogP contribution in [0.15, 0.2) is 12.1 Å². The molecule has 1 fully saturated rings. The summed E-state index contributed by atoms with van der Waals surface area (Å²) < 4.78 is 13.4. The van der Waals surface area contributed by atoms with Gasteiger partial charge in [0.25, 0.3) is 0 Å². The van der Waals surface area contributed by atoms with Crippen LogP contribution in [0.1, 0.15) is 24.0 Å². The van der Waals surface area contributed by atoms with Gasteiger partial charge in [0.05, 0.1) is 0 Å². The lowest BCUT2D eigenvalue weighted by Crippen LogP contribution is -2.23. The largest absolute Gasteiger partial charge is 0.314 e. The third-order valence-electron chi connectivity index (χ3n) is 2.99. The third kappa shape index (κ3) is 2.50. The quantitative estimate of drug-likeness (QED) is 0.819. The Balaban J connectivity index is 2.14. The van der Waals surface area contributed by atoms with E-state index < -0.39 is 0 Å². The number of hydrogen-bond acceptors (Lipinski definition) is 1. The highest BCUT2D eigenvalue weighted by Gasteiger charge is 2.15. The maximum atomic E-state index is 13.4. The van der Waals surface area contributed by atoms with E-state index in [2.05, 4.69) is 5.32 Å². The number of nitrogens with one attached hydrogen (secondary N) is 1. The summed E-state index contributed by atoms with van der Waals surface area (Å²) >= 11 is 5.94. The fourth-order valence-corrected chi connectivity index (χ4v) is 2.26. The van der Waals surface area contributed by atoms with Crippen molar-refractivity contribution in [2.45, 2.75) is 32.2 Å². The minimum atomic E-state index is -0.199. The van der Waals surface area contributed by atoms with E-state index in [1.165, 1.54) is 12.8 Å². The summed E-state index contributed by atoms with van der Waals surface area (Å²) in [4.78, 5) is 0. The van der Waals surface area contributed by atoms with E-state index in [1.807, 2.05) is 6.07 Å². The van der Waals surface area contributed by atoms with Crippen LogP contribution < -0.4 is 5.32 Å². The molecule has 0 aromatic heterocycles. The Morgan fingerprint density at radius 1 is 1.53 bits per heavy atom. The molecular weight excluding hydrogens is 213 g/mol. The molecule has 0 aliphatic carbocycles. The minimum Gasteiger partial charge on any atom is -0.314 e. The molecule has 1 heterocycles. The Bertz CT molecular complexity index is 336. The van der Waals surface area contributed by atoms with Crippen molar-refractivity contribution >= 4 is 11.6 Å². The van der Waals surface area contributed by atoms with Crippen molar-refractivity contribution in [3.8, 4) is 0 Å². The fraction of sp³-hybridized carbons (Fsp3) is 0.500. The molecule has 0 bridgehead atoms. The summed E-state index contributed by atoms with van der Waals surface area (Å²) in [6.07, 6.45) is 3.26. The molecular formula is C12H15ClFN. The van der Waals surface area contributed by atoms with Crippen LogP contribution in [-0.4, -0.2) is 12.6 Å². The van der Waals surface area contributed by atoms with Crippen LogP contribution in [0.3, 0.4) is 0 Å². The monoisotopic (exact) mass is 227 g/mol. The fourth-order valence-electron chi connectivity index (χ4n) is 2.03. The second-order valence-corrected chi connectivity index (χ2v) is 4.59. The summed E-state index contributed by atoms with van der Waals surface area (Å²) in [5.41, 5.74) is 1.53. The number of halogens is 2. The third-order valence-corrected chi connectivity index (χ3v) is 3.38. The van der Waals surface area contributed by atoms with E-state index in [-0.39, 0.29) is 5.82 Å². The normalized spacial score (nSPS) is 20.9. The van der Waals surface area contributed by atoms with E-state index in [1.54, 1.807) is 13.0 Å². The van der Waals surface area contributed by atoms with Gasteiger partial charge >= 0.3 is 0 Å². The van der Waals surface area contributed by atoms with Crippen molar-refractivity contribution in [1.82, 2.24) is 5.32 Å². The number of rotatable bonds is 2. The SMILES string of the molecule is Cc1c(F)cc(CC2CCCN2)cc1Cl. The first kappa shape index (κ1) is 10.9. The molecule has 82 valence electrons. The molecule has 1 aromatic rings. The Hall–Kier alpha value is -0.600. The molecule has 1 nitrogen and oxygen atoms in total. The molecule has 1 saturated heterocycles. The molecule has 0 spiro atoms. The van der Waals surface area contributed by atoms with Gasteiger partial charge in [0.1, 0.15) is 5.82 Å². The first-order valence-electron chi connectivity index (χ1n) is 5.34. The number of hydrogen-bond donors (Lipinski definition) is 1. The van der Waals surface area contributed by atoms with Crippen molar-refractivity contribution in [3.05, 3.63) is 34.1 Å². The molecule has 0 saturated carbocycles. The second kappa shape index (κ2) is 4.50. The zero-order valence-electron chi connectivity index (χ0n) is 8.82. The molecule has 1 aromatic carbocycles. The van der Waals surface area contributed by atoms with E-state index >= 15 is 0 Å². The molecule has 0 amide bonds. The molecule has 1 unspecified atom stereocenters. The van der Waals surface area contributed by atoms with Crippen LogP contribution in [-0.2, 0) is 6.42 Å². The predicted molar refractivity (Wildman–Crippen MR) is 60.9 cm³/mol. The van der Waals surface area contributed by atoms with Crippen LogP contribution >= 0.6 is 11.6 Å². The summed E-state index contributed by atoms with van der Waals surface area (Å²) in [6.45, 7) is 2.78. The highest BCUT2D eigenvalue weighted by atomic mass is 35.5. The Morgan fingerprint density at radius 2 is 2.33 bits per heavy atom. The minimum absolute atomic E-state index is 0.199. The average molecular weight is 228 g/mol. The van der Waals surface area contributed by atoms with Crippen molar-refractivity contribution in [2.75, 3.05) is 6.54 Å².